The largest absolute Gasteiger partial charge is 0.496 e. The molecule has 0 aliphatic heterocycles. The number of carbonyl (C=O) groups is 2. The lowest BCUT2D eigenvalue weighted by molar-refractivity contribution is -0.133. The van der Waals surface area contributed by atoms with Gasteiger partial charge in [0.25, 0.3) is 5.91 Å². The van der Waals surface area contributed by atoms with Crippen molar-refractivity contribution in [3.63, 3.8) is 0 Å². The Morgan fingerprint density at radius 3 is 2.07 bits per heavy atom. The van der Waals surface area contributed by atoms with Gasteiger partial charge in [-0.2, -0.15) is 0 Å². The van der Waals surface area contributed by atoms with Crippen molar-refractivity contribution in [2.45, 2.75) is 6.54 Å². The van der Waals surface area contributed by atoms with Gasteiger partial charge in [-0.25, -0.2) is 9.18 Å². The van der Waals surface area contributed by atoms with Gasteiger partial charge in [0.2, 0.25) is 0 Å². The molecule has 0 bridgehead atoms. The van der Waals surface area contributed by atoms with Crippen LogP contribution in [-0.2, 0) is 16.1 Å². The van der Waals surface area contributed by atoms with Gasteiger partial charge in [-0.15, -0.1) is 0 Å². The van der Waals surface area contributed by atoms with Crippen LogP contribution in [-0.4, -0.2) is 51.8 Å². The Labute approximate surface area is 162 Å². The summed E-state index contributed by atoms with van der Waals surface area (Å²) in [6, 6.07) is 8.72. The minimum atomic E-state index is -0.735. The van der Waals surface area contributed by atoms with E-state index in [1.54, 1.807) is 19.2 Å². The van der Waals surface area contributed by atoms with E-state index in [9.17, 15) is 14.0 Å². The Hall–Kier alpha value is -3.29. The Kier molecular flexibility index (Phi) is 7.20. The third kappa shape index (κ3) is 5.12. The van der Waals surface area contributed by atoms with E-state index in [0.29, 0.717) is 11.5 Å². The molecule has 7 nitrogen and oxygen atoms in total. The van der Waals surface area contributed by atoms with Gasteiger partial charge in [-0.1, -0.05) is 12.1 Å². The van der Waals surface area contributed by atoms with E-state index >= 15 is 0 Å². The summed E-state index contributed by atoms with van der Waals surface area (Å²) in [5, 5.41) is 0. The number of hydrogen-bond donors (Lipinski definition) is 0. The topological polar surface area (TPSA) is 74.3 Å². The number of carbonyl (C=O) groups excluding carboxylic acids is 2. The van der Waals surface area contributed by atoms with Crippen LogP contribution in [0.25, 0.3) is 0 Å². The number of ether oxygens (including phenoxy) is 4. The highest BCUT2D eigenvalue weighted by Gasteiger charge is 2.20. The van der Waals surface area contributed by atoms with Gasteiger partial charge in [-0.3, -0.25) is 4.79 Å². The maximum atomic E-state index is 13.0. The first-order valence-corrected chi connectivity index (χ1v) is 8.35. The van der Waals surface area contributed by atoms with Gasteiger partial charge in [0.15, 0.2) is 18.1 Å². The van der Waals surface area contributed by atoms with Crippen LogP contribution in [0.15, 0.2) is 36.4 Å². The normalized spacial score (nSPS) is 10.2. The molecule has 0 unspecified atom stereocenters. The molecule has 0 spiro atoms. The molecule has 0 aliphatic rings. The molecule has 8 heteroatoms. The van der Waals surface area contributed by atoms with Gasteiger partial charge in [-0.05, 0) is 17.7 Å². The van der Waals surface area contributed by atoms with Crippen molar-refractivity contribution in [3.05, 3.63) is 53.3 Å². The van der Waals surface area contributed by atoms with Crippen molar-refractivity contribution in [2.75, 3.05) is 35.0 Å². The molecule has 0 atom stereocenters. The molecule has 0 N–H and O–H groups in total. The van der Waals surface area contributed by atoms with Gasteiger partial charge in [0.05, 0.1) is 21.3 Å². The minimum absolute atomic E-state index is 0.106. The van der Waals surface area contributed by atoms with E-state index in [0.717, 1.165) is 5.56 Å². The molecule has 0 aromatic heterocycles. The molecule has 2 aromatic carbocycles. The Bertz CT molecular complexity index is 837. The number of esters is 1. The van der Waals surface area contributed by atoms with Crippen molar-refractivity contribution in [2.24, 2.45) is 0 Å². The van der Waals surface area contributed by atoms with Crippen molar-refractivity contribution in [1.82, 2.24) is 4.90 Å². The quantitative estimate of drug-likeness (QED) is 0.644. The van der Waals surface area contributed by atoms with Gasteiger partial charge >= 0.3 is 5.97 Å². The summed E-state index contributed by atoms with van der Waals surface area (Å²) in [6.07, 6.45) is 0. The zero-order valence-corrected chi connectivity index (χ0v) is 16.2. The number of benzene rings is 2. The lowest BCUT2D eigenvalue weighted by Crippen LogP contribution is -2.30. The standard InChI is InChI=1S/C20H22FNO6/c1-22(11-13-5-7-14(21)8-6-13)19(23)12-28-20(24)15-9-17(26-3)18(27-4)10-16(15)25-2/h5-10H,11-12H2,1-4H3. The monoisotopic (exact) mass is 391 g/mol. The Morgan fingerprint density at radius 2 is 1.50 bits per heavy atom. The summed E-state index contributed by atoms with van der Waals surface area (Å²) in [5.41, 5.74) is 0.860. The number of nitrogens with zero attached hydrogens (tertiary/aromatic N) is 1. The lowest BCUT2D eigenvalue weighted by Gasteiger charge is -2.18. The molecule has 1 amide bonds. The molecule has 0 saturated carbocycles. The van der Waals surface area contributed by atoms with Crippen LogP contribution in [0.1, 0.15) is 15.9 Å². The average molecular weight is 391 g/mol. The first-order chi connectivity index (χ1) is 13.4. The summed E-state index contributed by atoms with van der Waals surface area (Å²) in [6.45, 7) is -0.190. The number of hydrogen-bond acceptors (Lipinski definition) is 6. The Morgan fingerprint density at radius 1 is 0.929 bits per heavy atom. The van der Waals surface area contributed by atoms with Crippen LogP contribution in [0.5, 0.6) is 17.2 Å². The van der Waals surface area contributed by atoms with Crippen molar-refractivity contribution in [1.29, 1.82) is 0 Å². The second-order valence-corrected chi connectivity index (χ2v) is 5.86. The molecule has 0 radical (unpaired) electrons. The number of amides is 1. The fourth-order valence-corrected chi connectivity index (χ4v) is 2.46. The highest BCUT2D eigenvalue weighted by molar-refractivity contribution is 5.95. The van der Waals surface area contributed by atoms with E-state index in [4.69, 9.17) is 18.9 Å². The van der Waals surface area contributed by atoms with Gasteiger partial charge < -0.3 is 23.8 Å². The second-order valence-electron chi connectivity index (χ2n) is 5.86. The predicted molar refractivity (Wildman–Crippen MR) is 99.3 cm³/mol. The van der Waals surface area contributed by atoms with Crippen LogP contribution in [0.3, 0.4) is 0 Å². The van der Waals surface area contributed by atoms with Crippen molar-refractivity contribution < 1.29 is 32.9 Å². The van der Waals surface area contributed by atoms with Crippen molar-refractivity contribution >= 4 is 11.9 Å². The fraction of sp³-hybridized carbons (Fsp3) is 0.300. The molecule has 150 valence electrons. The summed E-state index contributed by atoms with van der Waals surface area (Å²) in [7, 11) is 5.87. The third-order valence-electron chi connectivity index (χ3n) is 4.01. The predicted octanol–water partition coefficient (Wildman–Crippen LogP) is 2.67. The molecule has 0 aliphatic carbocycles. The smallest absolute Gasteiger partial charge is 0.342 e. The van der Waals surface area contributed by atoms with Crippen LogP contribution >= 0.6 is 0 Å². The summed E-state index contributed by atoms with van der Waals surface area (Å²) < 4.78 is 33.6. The first-order valence-electron chi connectivity index (χ1n) is 8.35. The van der Waals surface area contributed by atoms with E-state index in [-0.39, 0.29) is 23.7 Å². The number of methoxy groups -OCH3 is 3. The van der Waals surface area contributed by atoms with Crippen LogP contribution in [0.4, 0.5) is 4.39 Å². The summed E-state index contributed by atoms with van der Waals surface area (Å²) in [4.78, 5) is 26.0. The molecular weight excluding hydrogens is 369 g/mol. The van der Waals surface area contributed by atoms with E-state index in [1.807, 2.05) is 0 Å². The number of likely N-dealkylation sites (N-methyl/N-ethyl adjacent to an activating group) is 1. The average Bonchev–Trinajstić information content (AvgIpc) is 2.72. The molecule has 2 aromatic rings. The second kappa shape index (κ2) is 9.59. The van der Waals surface area contributed by atoms with E-state index < -0.39 is 18.5 Å². The fourth-order valence-electron chi connectivity index (χ4n) is 2.46. The Balaban J connectivity index is 2.02. The van der Waals surface area contributed by atoms with Gasteiger partial charge in [0.1, 0.15) is 17.1 Å². The lowest BCUT2D eigenvalue weighted by atomic mass is 10.1. The number of rotatable bonds is 8. The molecule has 28 heavy (non-hydrogen) atoms. The summed E-state index contributed by atoms with van der Waals surface area (Å²) in [5.74, 6) is -0.537. The summed E-state index contributed by atoms with van der Waals surface area (Å²) >= 11 is 0. The third-order valence-corrected chi connectivity index (χ3v) is 4.01. The molecular formula is C20H22FNO6. The van der Waals surface area contributed by atoms with Crippen LogP contribution < -0.4 is 14.2 Å². The molecule has 0 saturated heterocycles. The van der Waals surface area contributed by atoms with Gasteiger partial charge in [0, 0.05) is 25.7 Å². The van der Waals surface area contributed by atoms with Crippen molar-refractivity contribution in [3.8, 4) is 17.2 Å². The van der Waals surface area contributed by atoms with Crippen LogP contribution in [0.2, 0.25) is 0 Å². The highest BCUT2D eigenvalue weighted by atomic mass is 19.1. The zero-order valence-electron chi connectivity index (χ0n) is 16.2. The minimum Gasteiger partial charge on any atom is -0.496 e. The van der Waals surface area contributed by atoms with E-state index in [2.05, 4.69) is 0 Å². The number of halogens is 1. The SMILES string of the molecule is COc1cc(OC)c(C(=O)OCC(=O)N(C)Cc2ccc(F)cc2)cc1OC. The van der Waals surface area contributed by atoms with E-state index in [1.165, 1.54) is 50.5 Å². The molecule has 0 heterocycles. The molecule has 0 fully saturated rings. The van der Waals surface area contributed by atoms with Crippen LogP contribution in [0, 0.1) is 5.82 Å². The highest BCUT2D eigenvalue weighted by Crippen LogP contribution is 2.34. The zero-order chi connectivity index (χ0) is 20.7. The maximum Gasteiger partial charge on any atom is 0.342 e. The molecule has 2 rings (SSSR count). The maximum absolute atomic E-state index is 13.0. The first kappa shape index (κ1) is 21.0.